The Morgan fingerprint density at radius 3 is 2.62 bits per heavy atom. The fourth-order valence-electron chi connectivity index (χ4n) is 2.17. The summed E-state index contributed by atoms with van der Waals surface area (Å²) in [5.41, 5.74) is 2.43. The number of halogens is 2. The van der Waals surface area contributed by atoms with Crippen LogP contribution in [-0.2, 0) is 6.54 Å². The Kier molecular flexibility index (Phi) is 4.91. The minimum absolute atomic E-state index is 0.244. The number of aryl methyl sites for hydroxylation is 1. The van der Waals surface area contributed by atoms with Gasteiger partial charge in [0.2, 0.25) is 0 Å². The SMILES string of the molecule is Cc1ccc(Nc2cc(NCc3ccccc3F)ncn2)cc1Cl. The molecular formula is C18H16ClFN4. The first-order valence-corrected chi connectivity index (χ1v) is 7.82. The van der Waals surface area contributed by atoms with Gasteiger partial charge in [-0.3, -0.25) is 0 Å². The minimum Gasteiger partial charge on any atom is -0.366 e. The fraction of sp³-hybridized carbons (Fsp3) is 0.111. The molecule has 4 nitrogen and oxygen atoms in total. The normalized spacial score (nSPS) is 10.5. The maximum absolute atomic E-state index is 13.6. The van der Waals surface area contributed by atoms with Gasteiger partial charge in [0.25, 0.3) is 0 Å². The third-order valence-corrected chi connectivity index (χ3v) is 3.94. The van der Waals surface area contributed by atoms with Gasteiger partial charge in [0, 0.05) is 28.9 Å². The molecular weight excluding hydrogens is 327 g/mol. The maximum Gasteiger partial charge on any atom is 0.135 e. The molecule has 0 amide bonds. The van der Waals surface area contributed by atoms with Crippen LogP contribution in [0.25, 0.3) is 0 Å². The minimum atomic E-state index is -0.244. The molecule has 1 heterocycles. The molecule has 0 unspecified atom stereocenters. The summed E-state index contributed by atoms with van der Waals surface area (Å²) in [6, 6.07) is 14.1. The lowest BCUT2D eigenvalue weighted by Gasteiger charge is -2.10. The Balaban J connectivity index is 1.69. The smallest absolute Gasteiger partial charge is 0.135 e. The molecule has 0 bridgehead atoms. The Morgan fingerprint density at radius 1 is 1.04 bits per heavy atom. The van der Waals surface area contributed by atoms with Crippen LogP contribution in [0.2, 0.25) is 5.02 Å². The molecule has 0 saturated heterocycles. The zero-order valence-electron chi connectivity index (χ0n) is 13.1. The van der Waals surface area contributed by atoms with E-state index in [0.717, 1.165) is 11.3 Å². The van der Waals surface area contributed by atoms with Gasteiger partial charge < -0.3 is 10.6 Å². The zero-order chi connectivity index (χ0) is 16.9. The third-order valence-electron chi connectivity index (χ3n) is 3.53. The highest BCUT2D eigenvalue weighted by atomic mass is 35.5. The summed E-state index contributed by atoms with van der Waals surface area (Å²) < 4.78 is 13.6. The third kappa shape index (κ3) is 4.00. The second-order valence-electron chi connectivity index (χ2n) is 5.32. The van der Waals surface area contributed by atoms with Crippen LogP contribution >= 0.6 is 11.6 Å². The number of aromatic nitrogens is 2. The molecule has 0 atom stereocenters. The first kappa shape index (κ1) is 16.2. The molecule has 2 N–H and O–H groups in total. The van der Waals surface area contributed by atoms with Gasteiger partial charge in [-0.25, -0.2) is 14.4 Å². The van der Waals surface area contributed by atoms with Gasteiger partial charge in [-0.05, 0) is 30.7 Å². The van der Waals surface area contributed by atoms with Crippen molar-refractivity contribution in [2.75, 3.05) is 10.6 Å². The van der Waals surface area contributed by atoms with Crippen LogP contribution in [0, 0.1) is 12.7 Å². The summed E-state index contributed by atoms with van der Waals surface area (Å²) in [4.78, 5) is 8.33. The Morgan fingerprint density at radius 2 is 1.83 bits per heavy atom. The van der Waals surface area contributed by atoms with Gasteiger partial charge in [-0.1, -0.05) is 35.9 Å². The van der Waals surface area contributed by atoms with Gasteiger partial charge in [0.1, 0.15) is 23.8 Å². The zero-order valence-corrected chi connectivity index (χ0v) is 13.8. The first-order valence-electron chi connectivity index (χ1n) is 7.44. The van der Waals surface area contributed by atoms with Crippen LogP contribution in [0.1, 0.15) is 11.1 Å². The summed E-state index contributed by atoms with van der Waals surface area (Å²) >= 11 is 6.12. The lowest BCUT2D eigenvalue weighted by molar-refractivity contribution is 0.613. The van der Waals surface area contributed by atoms with Crippen molar-refractivity contribution >= 4 is 28.9 Å². The Bertz CT molecular complexity index is 854. The van der Waals surface area contributed by atoms with Crippen molar-refractivity contribution in [3.63, 3.8) is 0 Å². The van der Waals surface area contributed by atoms with Crippen molar-refractivity contribution < 1.29 is 4.39 Å². The van der Waals surface area contributed by atoms with E-state index in [4.69, 9.17) is 11.6 Å². The molecule has 3 aromatic rings. The second-order valence-corrected chi connectivity index (χ2v) is 5.73. The highest BCUT2D eigenvalue weighted by Gasteiger charge is 2.04. The number of nitrogens with one attached hydrogen (secondary N) is 2. The standard InChI is InChI=1S/C18H16ClFN4/c1-12-6-7-14(8-15(12)19)24-18-9-17(22-11-23-18)21-10-13-4-2-3-5-16(13)20/h2-9,11H,10H2,1H3,(H2,21,22,23,24). The van der Waals surface area contributed by atoms with Gasteiger partial charge in [0.15, 0.2) is 0 Å². The number of benzene rings is 2. The molecule has 0 radical (unpaired) electrons. The molecule has 122 valence electrons. The van der Waals surface area contributed by atoms with E-state index < -0.39 is 0 Å². The lowest BCUT2D eigenvalue weighted by atomic mass is 10.2. The molecule has 0 aliphatic carbocycles. The molecule has 3 rings (SSSR count). The van der Waals surface area contributed by atoms with Crippen molar-refractivity contribution in [3.8, 4) is 0 Å². The summed E-state index contributed by atoms with van der Waals surface area (Å²) in [7, 11) is 0. The lowest BCUT2D eigenvalue weighted by Crippen LogP contribution is -2.04. The average molecular weight is 343 g/mol. The van der Waals surface area contributed by atoms with Crippen molar-refractivity contribution in [1.29, 1.82) is 0 Å². The molecule has 2 aromatic carbocycles. The maximum atomic E-state index is 13.6. The summed E-state index contributed by atoms with van der Waals surface area (Å²) in [5.74, 6) is 0.988. The van der Waals surface area contributed by atoms with Crippen LogP contribution in [0.4, 0.5) is 21.7 Å². The highest BCUT2D eigenvalue weighted by Crippen LogP contribution is 2.23. The highest BCUT2D eigenvalue weighted by molar-refractivity contribution is 6.31. The molecule has 1 aromatic heterocycles. The van der Waals surface area contributed by atoms with Crippen LogP contribution in [0.15, 0.2) is 54.9 Å². The van der Waals surface area contributed by atoms with Crippen LogP contribution in [0.3, 0.4) is 0 Å². The Labute approximate surface area is 144 Å². The van der Waals surface area contributed by atoms with Crippen LogP contribution in [-0.4, -0.2) is 9.97 Å². The molecule has 0 fully saturated rings. The van der Waals surface area contributed by atoms with Gasteiger partial charge >= 0.3 is 0 Å². The van der Waals surface area contributed by atoms with Crippen LogP contribution in [0.5, 0.6) is 0 Å². The van der Waals surface area contributed by atoms with E-state index in [-0.39, 0.29) is 5.82 Å². The first-order chi connectivity index (χ1) is 11.6. The largest absolute Gasteiger partial charge is 0.366 e. The van der Waals surface area contributed by atoms with E-state index >= 15 is 0 Å². The average Bonchev–Trinajstić information content (AvgIpc) is 2.58. The predicted molar refractivity (Wildman–Crippen MR) is 95.2 cm³/mol. The van der Waals surface area contributed by atoms with Crippen molar-refractivity contribution in [1.82, 2.24) is 9.97 Å². The quantitative estimate of drug-likeness (QED) is 0.690. The van der Waals surface area contributed by atoms with E-state index in [1.165, 1.54) is 12.4 Å². The molecule has 0 aliphatic rings. The van der Waals surface area contributed by atoms with E-state index in [2.05, 4.69) is 20.6 Å². The predicted octanol–water partition coefficient (Wildman–Crippen LogP) is 4.93. The van der Waals surface area contributed by atoms with E-state index in [1.807, 2.05) is 25.1 Å². The number of hydrogen-bond acceptors (Lipinski definition) is 4. The number of rotatable bonds is 5. The van der Waals surface area contributed by atoms with Crippen molar-refractivity contribution in [3.05, 3.63) is 76.8 Å². The van der Waals surface area contributed by atoms with Crippen molar-refractivity contribution in [2.45, 2.75) is 13.5 Å². The van der Waals surface area contributed by atoms with Gasteiger partial charge in [-0.2, -0.15) is 0 Å². The number of hydrogen-bond donors (Lipinski definition) is 2. The van der Waals surface area contributed by atoms with E-state index in [1.54, 1.807) is 24.3 Å². The summed E-state index contributed by atoms with van der Waals surface area (Å²) in [6.45, 7) is 2.29. The monoisotopic (exact) mass is 342 g/mol. The summed E-state index contributed by atoms with van der Waals surface area (Å²) in [6.07, 6.45) is 1.45. The summed E-state index contributed by atoms with van der Waals surface area (Å²) in [5, 5.41) is 6.95. The second kappa shape index (κ2) is 7.27. The topological polar surface area (TPSA) is 49.8 Å². The number of anilines is 3. The molecule has 0 aliphatic heterocycles. The number of nitrogens with zero attached hydrogens (tertiary/aromatic N) is 2. The van der Waals surface area contributed by atoms with E-state index in [9.17, 15) is 4.39 Å². The molecule has 24 heavy (non-hydrogen) atoms. The van der Waals surface area contributed by atoms with Gasteiger partial charge in [-0.15, -0.1) is 0 Å². The molecule has 6 heteroatoms. The van der Waals surface area contributed by atoms with Crippen LogP contribution < -0.4 is 10.6 Å². The Hall–Kier alpha value is -2.66. The van der Waals surface area contributed by atoms with Crippen molar-refractivity contribution in [2.24, 2.45) is 0 Å². The fourth-order valence-corrected chi connectivity index (χ4v) is 2.35. The van der Waals surface area contributed by atoms with E-state index in [0.29, 0.717) is 28.8 Å². The molecule has 0 spiro atoms. The molecule has 0 saturated carbocycles. The van der Waals surface area contributed by atoms with Gasteiger partial charge in [0.05, 0.1) is 0 Å².